The summed E-state index contributed by atoms with van der Waals surface area (Å²) < 4.78 is 18.6. The van der Waals surface area contributed by atoms with Crippen LogP contribution in [0.5, 0.6) is 0 Å². The molecule has 0 bridgehead atoms. The number of carbonyl (C=O) groups excluding carboxylic acids is 1. The first-order valence-electron chi connectivity index (χ1n) is 6.60. The number of anilines is 1. The van der Waals surface area contributed by atoms with Crippen LogP contribution in [0.15, 0.2) is 22.7 Å². The van der Waals surface area contributed by atoms with Gasteiger partial charge in [-0.15, -0.1) is 0 Å². The molecular weight excluding hydrogens is 327 g/mol. The van der Waals surface area contributed by atoms with Crippen LogP contribution < -0.4 is 5.32 Å². The van der Waals surface area contributed by atoms with Crippen molar-refractivity contribution in [1.29, 1.82) is 0 Å². The van der Waals surface area contributed by atoms with E-state index in [0.717, 1.165) is 19.4 Å². The lowest BCUT2D eigenvalue weighted by Crippen LogP contribution is -2.43. The number of amides is 2. The summed E-state index contributed by atoms with van der Waals surface area (Å²) in [6.45, 7) is 2.11. The highest BCUT2D eigenvalue weighted by atomic mass is 79.9. The van der Waals surface area contributed by atoms with E-state index in [1.165, 1.54) is 6.07 Å². The fourth-order valence-corrected chi connectivity index (χ4v) is 2.78. The molecule has 110 valence electrons. The Morgan fingerprint density at radius 2 is 2.40 bits per heavy atom. The molecule has 1 aliphatic rings. The molecule has 1 N–H and O–H groups in total. The zero-order valence-corrected chi connectivity index (χ0v) is 13.0. The number of rotatable bonds is 3. The van der Waals surface area contributed by atoms with E-state index in [-0.39, 0.29) is 11.8 Å². The standard InChI is InChI=1S/C14H18BrFN2O2/c1-20-9-10-3-2-6-18(8-10)14(19)17-11-4-5-13(16)12(15)7-11/h4-5,7,10H,2-3,6,8-9H2,1H3,(H,17,19)/t10-/m0/s1. The van der Waals surface area contributed by atoms with Crippen LogP contribution in [0.25, 0.3) is 0 Å². The molecular formula is C14H18BrFN2O2. The largest absolute Gasteiger partial charge is 0.384 e. The lowest BCUT2D eigenvalue weighted by molar-refractivity contribution is 0.104. The van der Waals surface area contributed by atoms with Crippen molar-refractivity contribution < 1.29 is 13.9 Å². The molecule has 1 saturated heterocycles. The maximum Gasteiger partial charge on any atom is 0.321 e. The molecule has 1 aromatic carbocycles. The van der Waals surface area contributed by atoms with Crippen molar-refractivity contribution >= 4 is 27.6 Å². The van der Waals surface area contributed by atoms with Gasteiger partial charge in [-0.3, -0.25) is 0 Å². The average molecular weight is 345 g/mol. The molecule has 4 nitrogen and oxygen atoms in total. The predicted octanol–water partition coefficient (Wildman–Crippen LogP) is 3.48. The molecule has 2 amide bonds. The molecule has 0 spiro atoms. The average Bonchev–Trinajstić information content (AvgIpc) is 2.43. The fourth-order valence-electron chi connectivity index (χ4n) is 2.40. The Labute approximate surface area is 126 Å². The Morgan fingerprint density at radius 3 is 3.10 bits per heavy atom. The number of likely N-dealkylation sites (tertiary alicyclic amines) is 1. The van der Waals surface area contributed by atoms with E-state index in [2.05, 4.69) is 21.2 Å². The van der Waals surface area contributed by atoms with E-state index in [1.54, 1.807) is 24.1 Å². The monoisotopic (exact) mass is 344 g/mol. The van der Waals surface area contributed by atoms with Gasteiger partial charge in [0, 0.05) is 31.8 Å². The number of benzene rings is 1. The lowest BCUT2D eigenvalue weighted by atomic mass is 9.99. The van der Waals surface area contributed by atoms with Crippen molar-refractivity contribution in [2.75, 3.05) is 32.1 Å². The summed E-state index contributed by atoms with van der Waals surface area (Å²) in [5, 5.41) is 2.79. The highest BCUT2D eigenvalue weighted by Crippen LogP contribution is 2.21. The highest BCUT2D eigenvalue weighted by molar-refractivity contribution is 9.10. The van der Waals surface area contributed by atoms with E-state index in [4.69, 9.17) is 4.74 Å². The van der Waals surface area contributed by atoms with Gasteiger partial charge in [0.15, 0.2) is 0 Å². The molecule has 1 aliphatic heterocycles. The van der Waals surface area contributed by atoms with E-state index in [9.17, 15) is 9.18 Å². The van der Waals surface area contributed by atoms with E-state index < -0.39 is 0 Å². The van der Waals surface area contributed by atoms with Crippen LogP contribution in [0.4, 0.5) is 14.9 Å². The second-order valence-corrected chi connectivity index (χ2v) is 5.82. The number of carbonyl (C=O) groups is 1. The smallest absolute Gasteiger partial charge is 0.321 e. The van der Waals surface area contributed by atoms with Gasteiger partial charge in [0.05, 0.1) is 11.1 Å². The summed E-state index contributed by atoms with van der Waals surface area (Å²) in [6.07, 6.45) is 2.06. The summed E-state index contributed by atoms with van der Waals surface area (Å²) in [6, 6.07) is 4.28. The van der Waals surface area contributed by atoms with Crippen LogP contribution in [0.3, 0.4) is 0 Å². The summed E-state index contributed by atoms with van der Waals surface area (Å²) in [7, 11) is 1.68. The predicted molar refractivity (Wildman–Crippen MR) is 79.3 cm³/mol. The van der Waals surface area contributed by atoms with Crippen LogP contribution in [-0.2, 0) is 4.74 Å². The highest BCUT2D eigenvalue weighted by Gasteiger charge is 2.23. The minimum Gasteiger partial charge on any atom is -0.384 e. The summed E-state index contributed by atoms with van der Waals surface area (Å²) in [5.41, 5.74) is 0.581. The summed E-state index contributed by atoms with van der Waals surface area (Å²) in [4.78, 5) is 14.0. The van der Waals surface area contributed by atoms with E-state index >= 15 is 0 Å². The van der Waals surface area contributed by atoms with Crippen molar-refractivity contribution in [3.05, 3.63) is 28.5 Å². The zero-order valence-electron chi connectivity index (χ0n) is 11.4. The quantitative estimate of drug-likeness (QED) is 0.911. The minimum absolute atomic E-state index is 0.149. The molecule has 0 aliphatic carbocycles. The first-order chi connectivity index (χ1) is 9.60. The number of methoxy groups -OCH3 is 1. The third-order valence-corrected chi connectivity index (χ3v) is 3.99. The zero-order chi connectivity index (χ0) is 14.5. The van der Waals surface area contributed by atoms with Crippen LogP contribution in [-0.4, -0.2) is 37.7 Å². The number of nitrogens with zero attached hydrogens (tertiary/aromatic N) is 1. The summed E-state index contributed by atoms with van der Waals surface area (Å²) >= 11 is 3.11. The van der Waals surface area contributed by atoms with Crippen molar-refractivity contribution in [2.24, 2.45) is 5.92 Å². The van der Waals surface area contributed by atoms with Crippen molar-refractivity contribution in [3.8, 4) is 0 Å². The Balaban J connectivity index is 1.95. The third-order valence-electron chi connectivity index (χ3n) is 3.38. The Kier molecular flexibility index (Phi) is 5.37. The Hall–Kier alpha value is -1.14. The van der Waals surface area contributed by atoms with Crippen molar-refractivity contribution in [1.82, 2.24) is 4.90 Å². The third kappa shape index (κ3) is 3.93. The van der Waals surface area contributed by atoms with Gasteiger partial charge < -0.3 is 15.0 Å². The van der Waals surface area contributed by atoms with Crippen molar-refractivity contribution in [2.45, 2.75) is 12.8 Å². The molecule has 0 unspecified atom stereocenters. The molecule has 1 atom stereocenters. The number of halogens is 2. The maximum atomic E-state index is 13.1. The molecule has 1 aromatic rings. The first kappa shape index (κ1) is 15.3. The Morgan fingerprint density at radius 1 is 1.60 bits per heavy atom. The minimum atomic E-state index is -0.346. The second-order valence-electron chi connectivity index (χ2n) is 4.97. The Bertz CT molecular complexity index is 482. The van der Waals surface area contributed by atoms with Gasteiger partial charge in [-0.2, -0.15) is 0 Å². The van der Waals surface area contributed by atoms with E-state index in [0.29, 0.717) is 29.2 Å². The normalized spacial score (nSPS) is 18.9. The van der Waals surface area contributed by atoms with Crippen molar-refractivity contribution in [3.63, 3.8) is 0 Å². The molecule has 0 radical (unpaired) electrons. The fraction of sp³-hybridized carbons (Fsp3) is 0.500. The number of piperidine rings is 1. The lowest BCUT2D eigenvalue weighted by Gasteiger charge is -2.32. The molecule has 1 fully saturated rings. The van der Waals surface area contributed by atoms with Gasteiger partial charge in [-0.25, -0.2) is 9.18 Å². The van der Waals surface area contributed by atoms with E-state index in [1.807, 2.05) is 0 Å². The second kappa shape index (κ2) is 7.04. The van der Waals surface area contributed by atoms with Gasteiger partial charge in [0.2, 0.25) is 0 Å². The number of urea groups is 1. The van der Waals surface area contributed by atoms with Gasteiger partial charge in [-0.1, -0.05) is 0 Å². The van der Waals surface area contributed by atoms with Gasteiger partial charge in [0.25, 0.3) is 0 Å². The van der Waals surface area contributed by atoms with Crippen LogP contribution in [0, 0.1) is 11.7 Å². The SMILES string of the molecule is COC[C@H]1CCCN(C(=O)Nc2ccc(F)c(Br)c2)C1. The first-order valence-corrected chi connectivity index (χ1v) is 7.39. The van der Waals surface area contributed by atoms with Gasteiger partial charge in [-0.05, 0) is 47.0 Å². The van der Waals surface area contributed by atoms with Crippen LogP contribution in [0.1, 0.15) is 12.8 Å². The number of hydrogen-bond acceptors (Lipinski definition) is 2. The van der Waals surface area contributed by atoms with Gasteiger partial charge in [0.1, 0.15) is 5.82 Å². The topological polar surface area (TPSA) is 41.6 Å². The molecule has 20 heavy (non-hydrogen) atoms. The van der Waals surface area contributed by atoms with Crippen LogP contribution in [0.2, 0.25) is 0 Å². The van der Waals surface area contributed by atoms with Gasteiger partial charge >= 0.3 is 6.03 Å². The summed E-state index contributed by atoms with van der Waals surface area (Å²) in [5.74, 6) is 0.0422. The molecule has 1 heterocycles. The number of hydrogen-bond donors (Lipinski definition) is 1. The number of nitrogens with one attached hydrogen (secondary N) is 1. The van der Waals surface area contributed by atoms with Crippen LogP contribution >= 0.6 is 15.9 Å². The molecule has 0 saturated carbocycles. The molecule has 0 aromatic heterocycles. The maximum absolute atomic E-state index is 13.1. The molecule has 2 rings (SSSR count). The number of ether oxygens (including phenoxy) is 1. The molecule has 6 heteroatoms.